The topological polar surface area (TPSA) is 29.1 Å². The maximum absolute atomic E-state index is 12.7. The fourth-order valence-electron chi connectivity index (χ4n) is 2.72. The third-order valence-electron chi connectivity index (χ3n) is 3.92. The molecular formula is C20H25NO. The van der Waals surface area contributed by atoms with Gasteiger partial charge in [-0.15, -0.1) is 0 Å². The first-order valence-corrected chi connectivity index (χ1v) is 7.88. The van der Waals surface area contributed by atoms with E-state index in [9.17, 15) is 4.79 Å². The SMILES string of the molecule is CCC(C(=O)Nc1ccccc1C(C)(C)C)c1ccccc1. The van der Waals surface area contributed by atoms with Crippen molar-refractivity contribution in [1.82, 2.24) is 0 Å². The second-order valence-electron chi connectivity index (χ2n) is 6.66. The average molecular weight is 295 g/mol. The Morgan fingerprint density at radius 1 is 1.00 bits per heavy atom. The summed E-state index contributed by atoms with van der Waals surface area (Å²) >= 11 is 0. The van der Waals surface area contributed by atoms with Crippen LogP contribution in [-0.4, -0.2) is 5.91 Å². The lowest BCUT2D eigenvalue weighted by molar-refractivity contribution is -0.117. The smallest absolute Gasteiger partial charge is 0.231 e. The van der Waals surface area contributed by atoms with Crippen LogP contribution in [0.5, 0.6) is 0 Å². The van der Waals surface area contributed by atoms with E-state index in [1.165, 1.54) is 0 Å². The van der Waals surface area contributed by atoms with E-state index in [1.54, 1.807) is 0 Å². The summed E-state index contributed by atoms with van der Waals surface area (Å²) in [6.07, 6.45) is 0.785. The quantitative estimate of drug-likeness (QED) is 0.833. The Hall–Kier alpha value is -2.09. The third kappa shape index (κ3) is 3.76. The van der Waals surface area contributed by atoms with Crippen LogP contribution in [0.3, 0.4) is 0 Å². The first-order valence-electron chi connectivity index (χ1n) is 7.88. The Morgan fingerprint density at radius 3 is 2.18 bits per heavy atom. The van der Waals surface area contributed by atoms with Gasteiger partial charge in [-0.1, -0.05) is 76.2 Å². The molecule has 0 aliphatic heterocycles. The summed E-state index contributed by atoms with van der Waals surface area (Å²) in [5, 5.41) is 3.13. The molecule has 2 rings (SSSR count). The molecular weight excluding hydrogens is 270 g/mol. The molecule has 1 N–H and O–H groups in total. The predicted molar refractivity (Wildman–Crippen MR) is 93.2 cm³/mol. The third-order valence-corrected chi connectivity index (χ3v) is 3.92. The number of hydrogen-bond acceptors (Lipinski definition) is 1. The zero-order chi connectivity index (χ0) is 16.2. The zero-order valence-corrected chi connectivity index (χ0v) is 13.9. The molecule has 0 spiro atoms. The van der Waals surface area contributed by atoms with Crippen molar-refractivity contribution in [2.45, 2.75) is 45.4 Å². The molecule has 0 bridgehead atoms. The standard InChI is InChI=1S/C20H25NO/c1-5-16(15-11-7-6-8-12-15)19(22)21-18-14-10-9-13-17(18)20(2,3)4/h6-14,16H,5H2,1-4H3,(H,21,22). The van der Waals surface area contributed by atoms with Gasteiger partial charge >= 0.3 is 0 Å². The molecule has 1 atom stereocenters. The molecule has 22 heavy (non-hydrogen) atoms. The van der Waals surface area contributed by atoms with Crippen LogP contribution in [0.1, 0.15) is 51.2 Å². The van der Waals surface area contributed by atoms with Crippen molar-refractivity contribution in [2.75, 3.05) is 5.32 Å². The minimum Gasteiger partial charge on any atom is -0.325 e. The molecule has 1 unspecified atom stereocenters. The van der Waals surface area contributed by atoms with E-state index in [-0.39, 0.29) is 17.2 Å². The van der Waals surface area contributed by atoms with Crippen molar-refractivity contribution in [1.29, 1.82) is 0 Å². The Morgan fingerprint density at radius 2 is 1.59 bits per heavy atom. The van der Waals surface area contributed by atoms with E-state index in [0.717, 1.165) is 23.2 Å². The van der Waals surface area contributed by atoms with Gasteiger partial charge in [0.15, 0.2) is 0 Å². The maximum atomic E-state index is 12.7. The van der Waals surface area contributed by atoms with E-state index in [2.05, 4.69) is 32.2 Å². The van der Waals surface area contributed by atoms with E-state index in [4.69, 9.17) is 0 Å². The summed E-state index contributed by atoms with van der Waals surface area (Å²) in [5.41, 5.74) is 3.13. The van der Waals surface area contributed by atoms with Gasteiger partial charge in [0.2, 0.25) is 5.91 Å². The molecule has 116 valence electrons. The second kappa shape index (κ2) is 6.78. The van der Waals surface area contributed by atoms with Crippen LogP contribution < -0.4 is 5.32 Å². The monoisotopic (exact) mass is 295 g/mol. The van der Waals surface area contributed by atoms with Gasteiger partial charge in [-0.05, 0) is 29.0 Å². The molecule has 2 aromatic carbocycles. The number of amides is 1. The van der Waals surface area contributed by atoms with Gasteiger partial charge in [0, 0.05) is 5.69 Å². The van der Waals surface area contributed by atoms with E-state index in [1.807, 2.05) is 55.5 Å². The van der Waals surface area contributed by atoms with Gasteiger partial charge in [0.05, 0.1) is 5.92 Å². The first kappa shape index (κ1) is 16.3. The highest BCUT2D eigenvalue weighted by Crippen LogP contribution is 2.30. The summed E-state index contributed by atoms with van der Waals surface area (Å²) in [6.45, 7) is 8.53. The summed E-state index contributed by atoms with van der Waals surface area (Å²) in [6, 6.07) is 18.0. The number of nitrogens with one attached hydrogen (secondary N) is 1. The number of carbonyl (C=O) groups excluding carboxylic acids is 1. The lowest BCUT2D eigenvalue weighted by atomic mass is 9.85. The van der Waals surface area contributed by atoms with Crippen molar-refractivity contribution < 1.29 is 4.79 Å². The Kier molecular flexibility index (Phi) is 5.02. The van der Waals surface area contributed by atoms with Crippen molar-refractivity contribution in [3.05, 3.63) is 65.7 Å². The highest BCUT2D eigenvalue weighted by molar-refractivity contribution is 5.96. The summed E-state index contributed by atoms with van der Waals surface area (Å²) in [4.78, 5) is 12.7. The van der Waals surface area contributed by atoms with Crippen molar-refractivity contribution in [2.24, 2.45) is 0 Å². The van der Waals surface area contributed by atoms with Gasteiger partial charge in [-0.2, -0.15) is 0 Å². The molecule has 0 fully saturated rings. The Labute approximate surface area is 133 Å². The van der Waals surface area contributed by atoms with Gasteiger partial charge in [0.1, 0.15) is 0 Å². The molecule has 0 radical (unpaired) electrons. The van der Waals surface area contributed by atoms with Crippen LogP contribution in [0.25, 0.3) is 0 Å². The molecule has 0 saturated heterocycles. The molecule has 0 aliphatic rings. The number of rotatable bonds is 4. The normalized spacial score (nSPS) is 12.7. The van der Waals surface area contributed by atoms with Crippen molar-refractivity contribution in [3.63, 3.8) is 0 Å². The molecule has 0 aliphatic carbocycles. The predicted octanol–water partition coefficient (Wildman–Crippen LogP) is 5.12. The number of carbonyl (C=O) groups is 1. The molecule has 2 nitrogen and oxygen atoms in total. The average Bonchev–Trinajstić information content (AvgIpc) is 2.48. The Balaban J connectivity index is 2.25. The Bertz CT molecular complexity index is 626. The second-order valence-corrected chi connectivity index (χ2v) is 6.66. The largest absolute Gasteiger partial charge is 0.325 e. The molecule has 2 heteroatoms. The van der Waals surface area contributed by atoms with Gasteiger partial charge in [-0.3, -0.25) is 4.79 Å². The van der Waals surface area contributed by atoms with Crippen LogP contribution in [0, 0.1) is 0 Å². The van der Waals surface area contributed by atoms with Crippen LogP contribution >= 0.6 is 0 Å². The summed E-state index contributed by atoms with van der Waals surface area (Å²) in [7, 11) is 0. The zero-order valence-electron chi connectivity index (χ0n) is 13.9. The summed E-state index contributed by atoms with van der Waals surface area (Å²) < 4.78 is 0. The van der Waals surface area contributed by atoms with Crippen LogP contribution in [0.4, 0.5) is 5.69 Å². The van der Waals surface area contributed by atoms with Crippen LogP contribution in [0.15, 0.2) is 54.6 Å². The van der Waals surface area contributed by atoms with E-state index < -0.39 is 0 Å². The van der Waals surface area contributed by atoms with E-state index >= 15 is 0 Å². The molecule has 1 amide bonds. The van der Waals surface area contributed by atoms with Crippen LogP contribution in [0.2, 0.25) is 0 Å². The lowest BCUT2D eigenvalue weighted by Gasteiger charge is -2.24. The van der Waals surface area contributed by atoms with Crippen LogP contribution in [-0.2, 0) is 10.2 Å². The van der Waals surface area contributed by atoms with Gasteiger partial charge in [0.25, 0.3) is 0 Å². The van der Waals surface area contributed by atoms with Gasteiger partial charge in [-0.25, -0.2) is 0 Å². The van der Waals surface area contributed by atoms with Gasteiger partial charge < -0.3 is 5.32 Å². The van der Waals surface area contributed by atoms with Crippen molar-refractivity contribution >= 4 is 11.6 Å². The fourth-order valence-corrected chi connectivity index (χ4v) is 2.72. The number of benzene rings is 2. The lowest BCUT2D eigenvalue weighted by Crippen LogP contribution is -2.23. The molecule has 0 saturated carbocycles. The minimum atomic E-state index is -0.116. The fraction of sp³-hybridized carbons (Fsp3) is 0.350. The number of para-hydroxylation sites is 1. The highest BCUT2D eigenvalue weighted by atomic mass is 16.1. The minimum absolute atomic E-state index is 0.00166. The highest BCUT2D eigenvalue weighted by Gasteiger charge is 2.22. The first-order chi connectivity index (χ1) is 10.4. The number of hydrogen-bond donors (Lipinski definition) is 1. The number of anilines is 1. The summed E-state index contributed by atoms with van der Waals surface area (Å²) in [5.74, 6) is -0.0559. The van der Waals surface area contributed by atoms with E-state index in [0.29, 0.717) is 0 Å². The molecule has 2 aromatic rings. The maximum Gasteiger partial charge on any atom is 0.231 e. The molecule has 0 heterocycles. The molecule has 0 aromatic heterocycles. The van der Waals surface area contributed by atoms with Crippen molar-refractivity contribution in [3.8, 4) is 0 Å².